The Morgan fingerprint density at radius 2 is 1.59 bits per heavy atom. The summed E-state index contributed by atoms with van der Waals surface area (Å²) in [5.74, 6) is -2.74. The molecule has 2 nitrogen and oxygen atoms in total. The summed E-state index contributed by atoms with van der Waals surface area (Å²) in [6.45, 7) is 0. The smallest absolute Gasteiger partial charge is 0.322 e. The van der Waals surface area contributed by atoms with Crippen molar-refractivity contribution in [3.05, 3.63) is 30.1 Å². The van der Waals surface area contributed by atoms with Gasteiger partial charge in [0.2, 0.25) is 0 Å². The molecule has 0 unspecified atom stereocenters. The zero-order valence-corrected chi connectivity index (χ0v) is 8.74. The van der Waals surface area contributed by atoms with Gasteiger partial charge in [0.15, 0.2) is 0 Å². The fourth-order valence-electron chi connectivity index (χ4n) is 0.872. The van der Waals surface area contributed by atoms with Gasteiger partial charge in [-0.1, -0.05) is 11.6 Å². The highest BCUT2D eigenvalue weighted by Gasteiger charge is 2.61. The molecular weight excluding hydrogens is 269 g/mol. The minimum absolute atomic E-state index is 0.205. The second-order valence-corrected chi connectivity index (χ2v) is 3.55. The van der Waals surface area contributed by atoms with Crippen molar-refractivity contribution in [2.24, 2.45) is 0 Å². The van der Waals surface area contributed by atoms with Crippen LogP contribution in [0.25, 0.3) is 0 Å². The minimum Gasteiger partial charge on any atom is -0.322 e. The van der Waals surface area contributed by atoms with Crippen LogP contribution in [0.3, 0.4) is 0 Å². The molecule has 17 heavy (non-hydrogen) atoms. The molecule has 94 valence electrons. The Balaban J connectivity index is 2.83. The molecule has 0 bridgehead atoms. The molecule has 0 aliphatic heterocycles. The van der Waals surface area contributed by atoms with Crippen LogP contribution in [0.2, 0.25) is 0 Å². The fraction of sp³-hybridized carbons (Fsp3) is 0.222. The molecule has 1 N–H and O–H groups in total. The van der Waals surface area contributed by atoms with Crippen molar-refractivity contribution >= 4 is 23.2 Å². The van der Waals surface area contributed by atoms with E-state index in [0.717, 1.165) is 24.3 Å². The first-order valence-electron chi connectivity index (χ1n) is 4.16. The van der Waals surface area contributed by atoms with Gasteiger partial charge < -0.3 is 5.32 Å². The van der Waals surface area contributed by atoms with Gasteiger partial charge >= 0.3 is 11.3 Å². The lowest BCUT2D eigenvalue weighted by molar-refractivity contribution is -0.197. The number of hydrogen-bond acceptors (Lipinski definition) is 1. The van der Waals surface area contributed by atoms with Crippen molar-refractivity contribution in [2.45, 2.75) is 11.3 Å². The summed E-state index contributed by atoms with van der Waals surface area (Å²) in [6.07, 6.45) is -5.54. The summed E-state index contributed by atoms with van der Waals surface area (Å²) in [5, 5.41) is -2.94. The molecule has 0 spiro atoms. The SMILES string of the molecule is O=C(Nc1ccc(F)cc1)[C@](F)(Cl)C(F)(F)F. The average molecular weight is 274 g/mol. The monoisotopic (exact) mass is 273 g/mol. The van der Waals surface area contributed by atoms with Crippen LogP contribution < -0.4 is 5.32 Å². The van der Waals surface area contributed by atoms with E-state index in [0.29, 0.717) is 0 Å². The Labute approximate surface area is 97.4 Å². The first-order chi connectivity index (χ1) is 7.64. The van der Waals surface area contributed by atoms with Crippen LogP contribution in [-0.4, -0.2) is 17.2 Å². The van der Waals surface area contributed by atoms with E-state index in [2.05, 4.69) is 11.6 Å². The number of benzene rings is 1. The van der Waals surface area contributed by atoms with Gasteiger partial charge in [-0.15, -0.1) is 0 Å². The van der Waals surface area contributed by atoms with Crippen LogP contribution in [0.5, 0.6) is 0 Å². The predicted octanol–water partition coefficient (Wildman–Crippen LogP) is 3.23. The van der Waals surface area contributed by atoms with Crippen molar-refractivity contribution in [1.29, 1.82) is 0 Å². The van der Waals surface area contributed by atoms with Gasteiger partial charge in [-0.3, -0.25) is 4.79 Å². The first-order valence-corrected chi connectivity index (χ1v) is 4.54. The summed E-state index contributed by atoms with van der Waals surface area (Å²) in [5.41, 5.74) is -0.205. The molecular formula is C9H5ClF5NO. The number of alkyl halides is 5. The first kappa shape index (κ1) is 13.7. The fourth-order valence-corrected chi connectivity index (χ4v) is 0.919. The predicted molar refractivity (Wildman–Crippen MR) is 50.8 cm³/mol. The van der Waals surface area contributed by atoms with E-state index in [1.54, 1.807) is 5.32 Å². The Bertz CT molecular complexity index is 414. The molecule has 0 heterocycles. The highest BCUT2D eigenvalue weighted by molar-refractivity contribution is 6.36. The molecule has 0 aliphatic carbocycles. The standard InChI is InChI=1S/C9H5ClF5NO/c10-8(12,9(13,14)15)7(17)16-6-3-1-5(11)2-4-6/h1-4H,(H,16,17)/t8-/m1/s1. The van der Waals surface area contributed by atoms with E-state index in [9.17, 15) is 26.7 Å². The minimum atomic E-state index is -5.54. The van der Waals surface area contributed by atoms with Crippen molar-refractivity contribution in [2.75, 3.05) is 5.32 Å². The van der Waals surface area contributed by atoms with Gasteiger partial charge in [0, 0.05) is 5.69 Å². The lowest BCUT2D eigenvalue weighted by atomic mass is 10.3. The van der Waals surface area contributed by atoms with Crippen molar-refractivity contribution < 1.29 is 26.7 Å². The second-order valence-electron chi connectivity index (χ2n) is 3.03. The number of hydrogen-bond donors (Lipinski definition) is 1. The molecule has 1 amide bonds. The topological polar surface area (TPSA) is 29.1 Å². The third-order valence-corrected chi connectivity index (χ3v) is 2.13. The molecule has 0 radical (unpaired) electrons. The number of anilines is 1. The molecule has 1 aromatic rings. The van der Waals surface area contributed by atoms with Gasteiger partial charge in [-0.2, -0.15) is 13.2 Å². The molecule has 0 aromatic heterocycles. The van der Waals surface area contributed by atoms with Gasteiger partial charge in [0.1, 0.15) is 5.82 Å². The van der Waals surface area contributed by atoms with E-state index >= 15 is 0 Å². The lowest BCUT2D eigenvalue weighted by Crippen LogP contribution is -2.46. The summed E-state index contributed by atoms with van der Waals surface area (Å²) in [7, 11) is 0. The number of rotatable bonds is 2. The number of halogens is 6. The number of carbonyl (C=O) groups is 1. The second kappa shape index (κ2) is 4.48. The molecule has 8 heteroatoms. The molecule has 1 rings (SSSR count). The van der Waals surface area contributed by atoms with Crippen molar-refractivity contribution in [3.8, 4) is 0 Å². The van der Waals surface area contributed by atoms with Crippen LogP contribution >= 0.6 is 11.6 Å². The van der Waals surface area contributed by atoms with Gasteiger partial charge in [-0.25, -0.2) is 8.78 Å². The third-order valence-electron chi connectivity index (χ3n) is 1.74. The van der Waals surface area contributed by atoms with E-state index in [1.807, 2.05) is 0 Å². The van der Waals surface area contributed by atoms with Gasteiger partial charge in [0.05, 0.1) is 0 Å². The molecule has 0 saturated heterocycles. The molecule has 1 aromatic carbocycles. The molecule has 0 fully saturated rings. The highest BCUT2D eigenvalue weighted by Crippen LogP contribution is 2.38. The molecule has 0 saturated carbocycles. The Hall–Kier alpha value is -1.37. The van der Waals surface area contributed by atoms with Gasteiger partial charge in [-0.05, 0) is 24.3 Å². The van der Waals surface area contributed by atoms with Gasteiger partial charge in [0.25, 0.3) is 5.91 Å². The van der Waals surface area contributed by atoms with E-state index < -0.39 is 23.0 Å². The Morgan fingerprint density at radius 3 is 2.00 bits per heavy atom. The summed E-state index contributed by atoms with van der Waals surface area (Å²) >= 11 is 4.47. The Kier molecular flexibility index (Phi) is 3.61. The maximum atomic E-state index is 12.9. The normalized spacial score (nSPS) is 15.2. The summed E-state index contributed by atoms with van der Waals surface area (Å²) in [4.78, 5) is 10.9. The summed E-state index contributed by atoms with van der Waals surface area (Å²) < 4.78 is 61.4. The number of carbonyl (C=O) groups excluding carboxylic acids is 1. The third kappa shape index (κ3) is 3.06. The largest absolute Gasteiger partial charge is 0.446 e. The molecule has 1 atom stereocenters. The number of amides is 1. The zero-order valence-electron chi connectivity index (χ0n) is 7.99. The molecule has 0 aliphatic rings. The average Bonchev–Trinajstić information content (AvgIpc) is 2.19. The maximum Gasteiger partial charge on any atom is 0.446 e. The van der Waals surface area contributed by atoms with Crippen LogP contribution in [0.1, 0.15) is 0 Å². The number of nitrogens with one attached hydrogen (secondary N) is 1. The zero-order chi connectivity index (χ0) is 13.3. The van der Waals surface area contributed by atoms with Crippen LogP contribution in [-0.2, 0) is 4.79 Å². The quantitative estimate of drug-likeness (QED) is 0.650. The van der Waals surface area contributed by atoms with E-state index in [1.165, 1.54) is 0 Å². The van der Waals surface area contributed by atoms with Crippen LogP contribution in [0, 0.1) is 5.82 Å². The Morgan fingerprint density at radius 1 is 1.12 bits per heavy atom. The lowest BCUT2D eigenvalue weighted by Gasteiger charge is -2.20. The maximum absolute atomic E-state index is 12.9. The van der Waals surface area contributed by atoms with Crippen molar-refractivity contribution in [1.82, 2.24) is 0 Å². The highest BCUT2D eigenvalue weighted by atomic mass is 35.5. The van der Waals surface area contributed by atoms with Crippen LogP contribution in [0.15, 0.2) is 24.3 Å². The summed E-state index contributed by atoms with van der Waals surface area (Å²) in [6, 6.07) is 3.71. The van der Waals surface area contributed by atoms with E-state index in [-0.39, 0.29) is 5.69 Å². The van der Waals surface area contributed by atoms with E-state index in [4.69, 9.17) is 0 Å². The van der Waals surface area contributed by atoms with Crippen molar-refractivity contribution in [3.63, 3.8) is 0 Å². The van der Waals surface area contributed by atoms with Crippen LogP contribution in [0.4, 0.5) is 27.6 Å².